The highest BCUT2D eigenvalue weighted by Gasteiger charge is 2.17. The van der Waals surface area contributed by atoms with Crippen LogP contribution >= 0.6 is 27.3 Å². The maximum Gasteiger partial charge on any atom is 0.346 e. The maximum atomic E-state index is 11.1. The minimum Gasteiger partial charge on any atom is -0.493 e. The van der Waals surface area contributed by atoms with Gasteiger partial charge < -0.3 is 15.2 Å². The zero-order chi connectivity index (χ0) is 14.8. The van der Waals surface area contributed by atoms with Crippen LogP contribution in [0.25, 0.3) is 0 Å². The molecule has 2 N–H and O–H groups in total. The van der Waals surface area contributed by atoms with Crippen molar-refractivity contribution in [2.45, 2.75) is 19.5 Å². The standard InChI is InChI=1S/C15H14BrNO3S/c16-12-5-9-1-3-20-13(9)11(6-12)8-17-7-10-2-4-21-14(10)15(18)19/h2,4-6,17H,1,3,7-8H2,(H,18,19). The Balaban J connectivity index is 1.69. The Labute approximate surface area is 134 Å². The molecule has 0 atom stereocenters. The quantitative estimate of drug-likeness (QED) is 0.849. The lowest BCUT2D eigenvalue weighted by atomic mass is 10.1. The van der Waals surface area contributed by atoms with Crippen molar-refractivity contribution < 1.29 is 14.6 Å². The number of thiophene rings is 1. The molecule has 0 saturated heterocycles. The van der Waals surface area contributed by atoms with E-state index in [9.17, 15) is 4.79 Å². The molecule has 3 rings (SSSR count). The Kier molecular flexibility index (Phi) is 4.28. The predicted molar refractivity (Wildman–Crippen MR) is 85.2 cm³/mol. The number of hydrogen-bond acceptors (Lipinski definition) is 4. The molecule has 0 aliphatic carbocycles. The van der Waals surface area contributed by atoms with Crippen molar-refractivity contribution in [2.75, 3.05) is 6.61 Å². The molecule has 0 unspecified atom stereocenters. The van der Waals surface area contributed by atoms with Crippen LogP contribution in [-0.4, -0.2) is 17.7 Å². The Morgan fingerprint density at radius 2 is 2.19 bits per heavy atom. The normalized spacial score (nSPS) is 13.0. The van der Waals surface area contributed by atoms with E-state index in [1.807, 2.05) is 12.1 Å². The summed E-state index contributed by atoms with van der Waals surface area (Å²) in [4.78, 5) is 11.5. The van der Waals surface area contributed by atoms with Crippen LogP contribution in [-0.2, 0) is 19.5 Å². The van der Waals surface area contributed by atoms with Gasteiger partial charge >= 0.3 is 5.97 Å². The topological polar surface area (TPSA) is 58.6 Å². The van der Waals surface area contributed by atoms with E-state index >= 15 is 0 Å². The summed E-state index contributed by atoms with van der Waals surface area (Å²) in [6, 6.07) is 5.99. The second kappa shape index (κ2) is 6.17. The molecule has 1 aromatic carbocycles. The number of carboxylic acid groups (broad SMARTS) is 1. The zero-order valence-electron chi connectivity index (χ0n) is 11.2. The molecule has 0 amide bonds. The molecule has 4 nitrogen and oxygen atoms in total. The lowest BCUT2D eigenvalue weighted by molar-refractivity contribution is 0.0701. The van der Waals surface area contributed by atoms with Gasteiger partial charge in [-0.1, -0.05) is 15.9 Å². The molecule has 0 radical (unpaired) electrons. The molecule has 6 heteroatoms. The van der Waals surface area contributed by atoms with Gasteiger partial charge in [0, 0.05) is 29.5 Å². The predicted octanol–water partition coefficient (Wildman–Crippen LogP) is 3.43. The minimum atomic E-state index is -0.867. The summed E-state index contributed by atoms with van der Waals surface area (Å²) in [5, 5.41) is 14.2. The van der Waals surface area contributed by atoms with Gasteiger partial charge in [0.25, 0.3) is 0 Å². The van der Waals surface area contributed by atoms with E-state index in [0.717, 1.165) is 34.4 Å². The van der Waals surface area contributed by atoms with Gasteiger partial charge in [-0.25, -0.2) is 4.79 Å². The lowest BCUT2D eigenvalue weighted by Crippen LogP contribution is -2.14. The monoisotopic (exact) mass is 367 g/mol. The molecule has 2 aromatic rings. The van der Waals surface area contributed by atoms with E-state index in [2.05, 4.69) is 27.3 Å². The molecule has 1 aliphatic rings. The lowest BCUT2D eigenvalue weighted by Gasteiger charge is -2.10. The van der Waals surface area contributed by atoms with Crippen LogP contribution in [0.1, 0.15) is 26.4 Å². The van der Waals surface area contributed by atoms with Gasteiger partial charge in [-0.15, -0.1) is 11.3 Å². The summed E-state index contributed by atoms with van der Waals surface area (Å²) < 4.78 is 6.73. The number of aromatic carboxylic acids is 1. The average Bonchev–Trinajstić information content (AvgIpc) is 3.06. The first-order chi connectivity index (χ1) is 10.1. The number of halogens is 1. The Bertz CT molecular complexity index is 684. The number of rotatable bonds is 5. The van der Waals surface area contributed by atoms with Crippen molar-refractivity contribution >= 4 is 33.2 Å². The van der Waals surface area contributed by atoms with Crippen LogP contribution < -0.4 is 10.1 Å². The fourth-order valence-corrected chi connectivity index (χ4v) is 3.79. The van der Waals surface area contributed by atoms with Gasteiger partial charge in [-0.3, -0.25) is 0 Å². The Morgan fingerprint density at radius 3 is 3.00 bits per heavy atom. The summed E-state index contributed by atoms with van der Waals surface area (Å²) >= 11 is 4.77. The third-order valence-corrected chi connectivity index (χ3v) is 4.80. The molecule has 0 spiro atoms. The van der Waals surface area contributed by atoms with Crippen molar-refractivity contribution in [3.05, 3.63) is 49.6 Å². The van der Waals surface area contributed by atoms with Crippen molar-refractivity contribution in [3.8, 4) is 5.75 Å². The average molecular weight is 368 g/mol. The van der Waals surface area contributed by atoms with Gasteiger partial charge in [-0.2, -0.15) is 0 Å². The van der Waals surface area contributed by atoms with Gasteiger partial charge in [0.15, 0.2) is 0 Å². The Hall–Kier alpha value is -1.37. The first-order valence-corrected chi connectivity index (χ1v) is 8.27. The second-order valence-corrected chi connectivity index (χ2v) is 6.67. The van der Waals surface area contributed by atoms with Crippen molar-refractivity contribution in [2.24, 2.45) is 0 Å². The molecule has 2 heterocycles. The van der Waals surface area contributed by atoms with Crippen LogP contribution in [0.3, 0.4) is 0 Å². The SMILES string of the molecule is O=C(O)c1sccc1CNCc1cc(Br)cc2c1OCC2. The number of hydrogen-bond donors (Lipinski definition) is 2. The first kappa shape index (κ1) is 14.6. The first-order valence-electron chi connectivity index (χ1n) is 6.59. The third-order valence-electron chi connectivity index (χ3n) is 3.40. The van der Waals surface area contributed by atoms with E-state index in [0.29, 0.717) is 18.0 Å². The summed E-state index contributed by atoms with van der Waals surface area (Å²) in [6.07, 6.45) is 0.940. The summed E-state index contributed by atoms with van der Waals surface area (Å²) in [6.45, 7) is 1.91. The van der Waals surface area contributed by atoms with Gasteiger partial charge in [0.1, 0.15) is 10.6 Å². The molecule has 1 aromatic heterocycles. The van der Waals surface area contributed by atoms with E-state index in [1.54, 1.807) is 5.38 Å². The van der Waals surface area contributed by atoms with Gasteiger partial charge in [-0.05, 0) is 34.7 Å². The summed E-state index contributed by atoms with van der Waals surface area (Å²) in [7, 11) is 0. The van der Waals surface area contributed by atoms with E-state index in [1.165, 1.54) is 16.9 Å². The van der Waals surface area contributed by atoms with Crippen molar-refractivity contribution in [3.63, 3.8) is 0 Å². The number of fused-ring (bicyclic) bond motifs is 1. The van der Waals surface area contributed by atoms with Crippen LogP contribution in [0.5, 0.6) is 5.75 Å². The molecule has 1 aliphatic heterocycles. The van der Waals surface area contributed by atoms with Crippen molar-refractivity contribution in [1.82, 2.24) is 5.32 Å². The summed E-state index contributed by atoms with van der Waals surface area (Å²) in [5.41, 5.74) is 3.15. The molecule has 0 fully saturated rings. The van der Waals surface area contributed by atoms with E-state index < -0.39 is 5.97 Å². The fraction of sp³-hybridized carbons (Fsp3) is 0.267. The van der Waals surface area contributed by atoms with E-state index in [-0.39, 0.29) is 0 Å². The smallest absolute Gasteiger partial charge is 0.346 e. The van der Waals surface area contributed by atoms with Crippen LogP contribution in [0, 0.1) is 0 Å². The molecular weight excluding hydrogens is 354 g/mol. The molecule has 0 bridgehead atoms. The highest BCUT2D eigenvalue weighted by molar-refractivity contribution is 9.10. The highest BCUT2D eigenvalue weighted by atomic mass is 79.9. The number of carboxylic acids is 1. The number of benzene rings is 1. The number of ether oxygens (including phenoxy) is 1. The number of carbonyl (C=O) groups is 1. The minimum absolute atomic E-state index is 0.401. The molecular formula is C15H14BrNO3S. The van der Waals surface area contributed by atoms with Gasteiger partial charge in [0.2, 0.25) is 0 Å². The van der Waals surface area contributed by atoms with Crippen LogP contribution in [0.4, 0.5) is 0 Å². The highest BCUT2D eigenvalue weighted by Crippen LogP contribution is 2.33. The van der Waals surface area contributed by atoms with E-state index in [4.69, 9.17) is 9.84 Å². The number of nitrogens with one attached hydrogen (secondary N) is 1. The molecule has 21 heavy (non-hydrogen) atoms. The Morgan fingerprint density at radius 1 is 1.38 bits per heavy atom. The fourth-order valence-electron chi connectivity index (χ4n) is 2.47. The largest absolute Gasteiger partial charge is 0.493 e. The maximum absolute atomic E-state index is 11.1. The summed E-state index contributed by atoms with van der Waals surface area (Å²) in [5.74, 6) is 0.1000. The zero-order valence-corrected chi connectivity index (χ0v) is 13.6. The molecule has 0 saturated carbocycles. The van der Waals surface area contributed by atoms with Crippen LogP contribution in [0.15, 0.2) is 28.1 Å². The second-order valence-electron chi connectivity index (χ2n) is 4.84. The van der Waals surface area contributed by atoms with Crippen LogP contribution in [0.2, 0.25) is 0 Å². The molecule has 110 valence electrons. The van der Waals surface area contributed by atoms with Gasteiger partial charge in [0.05, 0.1) is 6.61 Å². The van der Waals surface area contributed by atoms with Crippen molar-refractivity contribution in [1.29, 1.82) is 0 Å². The third kappa shape index (κ3) is 3.12.